The van der Waals surface area contributed by atoms with E-state index in [9.17, 15) is 0 Å². The zero-order chi connectivity index (χ0) is 10.6. The molecule has 2 rings (SSSR count). The fourth-order valence-corrected chi connectivity index (χ4v) is 2.46. The number of hydrogen-bond acceptors (Lipinski definition) is 2. The first-order chi connectivity index (χ1) is 7.29. The van der Waals surface area contributed by atoms with Crippen molar-refractivity contribution in [1.82, 2.24) is 15.3 Å². The fourth-order valence-electron chi connectivity index (χ4n) is 2.46. The summed E-state index contributed by atoms with van der Waals surface area (Å²) in [7, 11) is 0. The molecule has 3 nitrogen and oxygen atoms in total. The summed E-state index contributed by atoms with van der Waals surface area (Å²) in [6.45, 7) is 4.45. The van der Waals surface area contributed by atoms with Crippen molar-refractivity contribution >= 4 is 0 Å². The molecule has 0 saturated heterocycles. The second kappa shape index (κ2) is 4.79. The van der Waals surface area contributed by atoms with E-state index >= 15 is 0 Å². The van der Waals surface area contributed by atoms with Crippen molar-refractivity contribution in [1.29, 1.82) is 0 Å². The van der Waals surface area contributed by atoms with Crippen LogP contribution < -0.4 is 5.32 Å². The number of hydrogen-bond donors (Lipinski definition) is 2. The zero-order valence-electron chi connectivity index (χ0n) is 9.55. The molecule has 2 N–H and O–H groups in total. The van der Waals surface area contributed by atoms with E-state index in [4.69, 9.17) is 0 Å². The Labute approximate surface area is 91.7 Å². The molecule has 0 radical (unpaired) electrons. The topological polar surface area (TPSA) is 40.7 Å². The third-order valence-corrected chi connectivity index (χ3v) is 3.48. The van der Waals surface area contributed by atoms with Crippen LogP contribution in [0.5, 0.6) is 0 Å². The highest BCUT2D eigenvalue weighted by atomic mass is 14.9. The van der Waals surface area contributed by atoms with Crippen LogP contribution in [0.15, 0.2) is 12.5 Å². The lowest BCUT2D eigenvalue weighted by Gasteiger charge is -2.33. The molecule has 0 aromatic carbocycles. The number of H-pyrrole nitrogens is 1. The second-order valence-corrected chi connectivity index (χ2v) is 5.05. The third kappa shape index (κ3) is 3.06. The second-order valence-electron chi connectivity index (χ2n) is 5.05. The molecule has 0 bridgehead atoms. The van der Waals surface area contributed by atoms with Crippen molar-refractivity contribution in [2.24, 2.45) is 5.41 Å². The van der Waals surface area contributed by atoms with E-state index in [1.165, 1.54) is 37.8 Å². The molecule has 1 aliphatic carbocycles. The summed E-state index contributed by atoms with van der Waals surface area (Å²) in [6, 6.07) is 0. The first-order valence-corrected chi connectivity index (χ1v) is 5.97. The minimum absolute atomic E-state index is 0.526. The lowest BCUT2D eigenvalue weighted by atomic mass is 9.76. The maximum Gasteiger partial charge on any atom is 0.0922 e. The van der Waals surface area contributed by atoms with Gasteiger partial charge in [0.1, 0.15) is 0 Å². The van der Waals surface area contributed by atoms with E-state index < -0.39 is 0 Å². The summed E-state index contributed by atoms with van der Waals surface area (Å²) in [4.78, 5) is 7.12. The summed E-state index contributed by atoms with van der Waals surface area (Å²) in [5, 5.41) is 3.53. The molecular formula is C12H21N3. The number of imidazole rings is 1. The van der Waals surface area contributed by atoms with Gasteiger partial charge < -0.3 is 10.3 Å². The van der Waals surface area contributed by atoms with Gasteiger partial charge in [0.25, 0.3) is 0 Å². The SMILES string of the molecule is CC1(CNCc2cnc[nH]2)CCCCC1. The van der Waals surface area contributed by atoms with Gasteiger partial charge in [0, 0.05) is 25.0 Å². The van der Waals surface area contributed by atoms with Crippen LogP contribution in [0.1, 0.15) is 44.7 Å². The van der Waals surface area contributed by atoms with E-state index in [2.05, 4.69) is 22.2 Å². The minimum atomic E-state index is 0.526. The van der Waals surface area contributed by atoms with Crippen LogP contribution in [0.2, 0.25) is 0 Å². The van der Waals surface area contributed by atoms with E-state index in [1.807, 2.05) is 6.20 Å². The van der Waals surface area contributed by atoms with Gasteiger partial charge in [-0.15, -0.1) is 0 Å². The van der Waals surface area contributed by atoms with Gasteiger partial charge in [-0.2, -0.15) is 0 Å². The van der Waals surface area contributed by atoms with E-state index in [0.717, 1.165) is 13.1 Å². The molecule has 0 amide bonds. The number of aromatic nitrogens is 2. The molecule has 0 unspecified atom stereocenters. The zero-order valence-corrected chi connectivity index (χ0v) is 9.55. The average Bonchev–Trinajstić information content (AvgIpc) is 2.71. The molecular weight excluding hydrogens is 186 g/mol. The Kier molecular flexibility index (Phi) is 3.41. The van der Waals surface area contributed by atoms with Crippen molar-refractivity contribution in [3.05, 3.63) is 18.2 Å². The van der Waals surface area contributed by atoms with Gasteiger partial charge in [-0.1, -0.05) is 26.2 Å². The molecule has 0 spiro atoms. The van der Waals surface area contributed by atoms with Crippen LogP contribution in [0.4, 0.5) is 0 Å². The summed E-state index contributed by atoms with van der Waals surface area (Å²) in [5.74, 6) is 0. The summed E-state index contributed by atoms with van der Waals surface area (Å²) >= 11 is 0. The number of nitrogens with one attached hydrogen (secondary N) is 2. The van der Waals surface area contributed by atoms with Crippen molar-refractivity contribution in [2.45, 2.75) is 45.6 Å². The van der Waals surface area contributed by atoms with Gasteiger partial charge in [0.05, 0.1) is 6.33 Å². The smallest absolute Gasteiger partial charge is 0.0922 e. The normalized spacial score (nSPS) is 20.3. The molecule has 0 atom stereocenters. The van der Waals surface area contributed by atoms with Crippen molar-refractivity contribution < 1.29 is 0 Å². The van der Waals surface area contributed by atoms with Crippen LogP contribution in [0.3, 0.4) is 0 Å². The molecule has 1 aliphatic rings. The molecule has 15 heavy (non-hydrogen) atoms. The van der Waals surface area contributed by atoms with E-state index in [-0.39, 0.29) is 0 Å². The standard InChI is InChI=1S/C12H21N3/c1-12(5-3-2-4-6-12)9-13-7-11-8-14-10-15-11/h8,10,13H,2-7,9H2,1H3,(H,14,15). The van der Waals surface area contributed by atoms with Gasteiger partial charge in [-0.3, -0.25) is 0 Å². The molecule has 1 heterocycles. The maximum atomic E-state index is 4.01. The summed E-state index contributed by atoms with van der Waals surface area (Å²) in [6.07, 6.45) is 10.6. The number of aromatic amines is 1. The molecule has 1 saturated carbocycles. The lowest BCUT2D eigenvalue weighted by molar-refractivity contribution is 0.207. The number of nitrogens with zero attached hydrogens (tertiary/aromatic N) is 1. The first-order valence-electron chi connectivity index (χ1n) is 5.97. The van der Waals surface area contributed by atoms with Crippen LogP contribution in [-0.4, -0.2) is 16.5 Å². The minimum Gasteiger partial charge on any atom is -0.347 e. The van der Waals surface area contributed by atoms with Gasteiger partial charge >= 0.3 is 0 Å². The molecule has 1 aromatic rings. The molecule has 1 fully saturated rings. The van der Waals surface area contributed by atoms with Crippen LogP contribution >= 0.6 is 0 Å². The number of rotatable bonds is 4. The Morgan fingerprint density at radius 2 is 2.20 bits per heavy atom. The van der Waals surface area contributed by atoms with Crippen LogP contribution in [-0.2, 0) is 6.54 Å². The largest absolute Gasteiger partial charge is 0.347 e. The quantitative estimate of drug-likeness (QED) is 0.796. The molecule has 84 valence electrons. The van der Waals surface area contributed by atoms with Gasteiger partial charge in [0.2, 0.25) is 0 Å². The van der Waals surface area contributed by atoms with Gasteiger partial charge in [0.15, 0.2) is 0 Å². The highest BCUT2D eigenvalue weighted by molar-refractivity contribution is 4.93. The Balaban J connectivity index is 1.72. The Hall–Kier alpha value is -0.830. The Morgan fingerprint density at radius 1 is 1.40 bits per heavy atom. The molecule has 1 aromatic heterocycles. The lowest BCUT2D eigenvalue weighted by Crippen LogP contribution is -2.33. The predicted octanol–water partition coefficient (Wildman–Crippen LogP) is 2.47. The van der Waals surface area contributed by atoms with Crippen molar-refractivity contribution in [2.75, 3.05) is 6.54 Å². The van der Waals surface area contributed by atoms with Gasteiger partial charge in [-0.25, -0.2) is 4.98 Å². The highest BCUT2D eigenvalue weighted by Gasteiger charge is 2.25. The van der Waals surface area contributed by atoms with Gasteiger partial charge in [-0.05, 0) is 18.3 Å². The molecule has 0 aliphatic heterocycles. The predicted molar refractivity (Wildman–Crippen MR) is 61.5 cm³/mol. The third-order valence-electron chi connectivity index (χ3n) is 3.48. The van der Waals surface area contributed by atoms with Crippen LogP contribution in [0, 0.1) is 5.41 Å². The summed E-state index contributed by atoms with van der Waals surface area (Å²) < 4.78 is 0. The maximum absolute atomic E-state index is 4.01. The van der Waals surface area contributed by atoms with Crippen molar-refractivity contribution in [3.8, 4) is 0 Å². The fraction of sp³-hybridized carbons (Fsp3) is 0.750. The highest BCUT2D eigenvalue weighted by Crippen LogP contribution is 2.34. The first kappa shape index (κ1) is 10.7. The van der Waals surface area contributed by atoms with Crippen molar-refractivity contribution in [3.63, 3.8) is 0 Å². The summed E-state index contributed by atoms with van der Waals surface area (Å²) in [5.41, 5.74) is 1.70. The average molecular weight is 207 g/mol. The monoisotopic (exact) mass is 207 g/mol. The Morgan fingerprint density at radius 3 is 2.87 bits per heavy atom. The molecule has 3 heteroatoms. The Bertz CT molecular complexity index is 273. The van der Waals surface area contributed by atoms with Crippen LogP contribution in [0.25, 0.3) is 0 Å². The van der Waals surface area contributed by atoms with E-state index in [0.29, 0.717) is 5.41 Å². The van der Waals surface area contributed by atoms with E-state index in [1.54, 1.807) is 6.33 Å².